The van der Waals surface area contributed by atoms with Crippen LogP contribution in [0.1, 0.15) is 40.0 Å². The summed E-state index contributed by atoms with van der Waals surface area (Å²) >= 11 is 0. The molecule has 1 amide bonds. The van der Waals surface area contributed by atoms with Gasteiger partial charge in [0.1, 0.15) is 17.1 Å². The number of nitrogens with zero attached hydrogens (tertiary/aromatic N) is 1. The molecule has 1 saturated heterocycles. The van der Waals surface area contributed by atoms with Crippen molar-refractivity contribution >= 4 is 11.7 Å². The molecule has 2 heterocycles. The first-order chi connectivity index (χ1) is 15.4. The lowest BCUT2D eigenvalue weighted by Crippen LogP contribution is -2.52. The molecule has 0 unspecified atom stereocenters. The first kappa shape index (κ1) is 21.8. The molecule has 0 bridgehead atoms. The van der Waals surface area contributed by atoms with Crippen molar-refractivity contribution in [1.29, 1.82) is 0 Å². The zero-order valence-electron chi connectivity index (χ0n) is 18.7. The van der Waals surface area contributed by atoms with Crippen LogP contribution >= 0.6 is 0 Å². The summed E-state index contributed by atoms with van der Waals surface area (Å²) in [5.41, 5.74) is 0.418. The number of benzene rings is 2. The Bertz CT molecular complexity index is 1020. The number of hydrogen-bond acceptors (Lipinski definition) is 7. The number of ketones is 1. The SMILES string of the molecule is COc1ccc2c(c1)OC1(CCN(C(=O)c3cc(OC)c(OC)c(OC)c3)CC1)CC2=O. The highest BCUT2D eigenvalue weighted by molar-refractivity contribution is 6.00. The van der Waals surface area contributed by atoms with Crippen molar-refractivity contribution in [2.75, 3.05) is 41.5 Å². The topological polar surface area (TPSA) is 83.5 Å². The zero-order valence-corrected chi connectivity index (χ0v) is 18.7. The second-order valence-corrected chi connectivity index (χ2v) is 7.95. The van der Waals surface area contributed by atoms with Crippen LogP contribution in [0.3, 0.4) is 0 Å². The van der Waals surface area contributed by atoms with Crippen molar-refractivity contribution in [2.45, 2.75) is 24.9 Å². The summed E-state index contributed by atoms with van der Waals surface area (Å²) < 4.78 is 27.7. The molecule has 0 radical (unpaired) electrons. The average Bonchev–Trinajstić information content (AvgIpc) is 2.82. The molecule has 0 saturated carbocycles. The summed E-state index contributed by atoms with van der Waals surface area (Å²) in [5.74, 6) is 2.40. The Balaban J connectivity index is 1.51. The van der Waals surface area contributed by atoms with Crippen LogP contribution in [0.5, 0.6) is 28.7 Å². The van der Waals surface area contributed by atoms with Crippen LogP contribution < -0.4 is 23.7 Å². The van der Waals surface area contributed by atoms with Gasteiger partial charge in [-0.1, -0.05) is 0 Å². The molecule has 1 spiro atoms. The fourth-order valence-corrected chi connectivity index (χ4v) is 4.38. The fourth-order valence-electron chi connectivity index (χ4n) is 4.38. The molecule has 0 N–H and O–H groups in total. The van der Waals surface area contributed by atoms with Crippen LogP contribution in [0.2, 0.25) is 0 Å². The van der Waals surface area contributed by atoms with Gasteiger partial charge in [0.25, 0.3) is 5.91 Å². The van der Waals surface area contributed by atoms with E-state index >= 15 is 0 Å². The van der Waals surface area contributed by atoms with Crippen molar-refractivity contribution in [3.05, 3.63) is 41.5 Å². The Morgan fingerprint density at radius 1 is 0.938 bits per heavy atom. The minimum Gasteiger partial charge on any atom is -0.497 e. The summed E-state index contributed by atoms with van der Waals surface area (Å²) in [7, 11) is 6.13. The summed E-state index contributed by atoms with van der Waals surface area (Å²) in [5, 5.41) is 0. The Hall–Kier alpha value is -3.42. The molecule has 1 fully saturated rings. The minimum absolute atomic E-state index is 0.0540. The van der Waals surface area contributed by atoms with Gasteiger partial charge in [0.05, 0.1) is 40.4 Å². The van der Waals surface area contributed by atoms with E-state index < -0.39 is 5.60 Å². The number of piperidine rings is 1. The molecule has 2 aromatic carbocycles. The van der Waals surface area contributed by atoms with E-state index in [0.717, 1.165) is 0 Å². The van der Waals surface area contributed by atoms with E-state index in [2.05, 4.69) is 0 Å². The third-order valence-electron chi connectivity index (χ3n) is 6.17. The molecule has 32 heavy (non-hydrogen) atoms. The van der Waals surface area contributed by atoms with Crippen molar-refractivity contribution in [1.82, 2.24) is 4.90 Å². The van der Waals surface area contributed by atoms with E-state index in [4.69, 9.17) is 23.7 Å². The van der Waals surface area contributed by atoms with Gasteiger partial charge in [-0.25, -0.2) is 0 Å². The summed E-state index contributed by atoms with van der Waals surface area (Å²) in [6.07, 6.45) is 1.43. The first-order valence-corrected chi connectivity index (χ1v) is 10.4. The summed E-state index contributed by atoms with van der Waals surface area (Å²) in [6, 6.07) is 8.55. The third kappa shape index (κ3) is 3.81. The maximum absolute atomic E-state index is 13.2. The third-order valence-corrected chi connectivity index (χ3v) is 6.17. The number of likely N-dealkylation sites (tertiary alicyclic amines) is 1. The van der Waals surface area contributed by atoms with E-state index in [0.29, 0.717) is 72.2 Å². The molecule has 8 nitrogen and oxygen atoms in total. The molecular weight excluding hydrogens is 414 g/mol. The second kappa shape index (κ2) is 8.61. The molecule has 170 valence electrons. The molecule has 0 aromatic heterocycles. The van der Waals surface area contributed by atoms with Crippen LogP contribution in [-0.4, -0.2) is 63.7 Å². The van der Waals surface area contributed by atoms with Gasteiger partial charge >= 0.3 is 0 Å². The second-order valence-electron chi connectivity index (χ2n) is 7.95. The predicted octanol–water partition coefficient (Wildman–Crippen LogP) is 3.36. The van der Waals surface area contributed by atoms with Crippen LogP contribution in [0, 0.1) is 0 Å². The molecule has 2 aliphatic heterocycles. The highest BCUT2D eigenvalue weighted by atomic mass is 16.5. The molecular formula is C24H27NO7. The number of fused-ring (bicyclic) bond motifs is 1. The Morgan fingerprint density at radius 3 is 2.16 bits per heavy atom. The standard InChI is InChI=1S/C24H27NO7/c1-28-16-5-6-17-18(26)14-24(32-19(17)13-16)7-9-25(10-8-24)23(27)15-11-20(29-2)22(31-4)21(12-15)30-3/h5-6,11-13H,7-10,14H2,1-4H3. The molecule has 0 atom stereocenters. The van der Waals surface area contributed by atoms with E-state index in [1.54, 1.807) is 42.3 Å². The zero-order chi connectivity index (χ0) is 22.9. The average molecular weight is 441 g/mol. The van der Waals surface area contributed by atoms with Gasteiger partial charge in [-0.3, -0.25) is 9.59 Å². The van der Waals surface area contributed by atoms with E-state index in [9.17, 15) is 9.59 Å². The molecule has 8 heteroatoms. The summed E-state index contributed by atoms with van der Waals surface area (Å²) in [4.78, 5) is 27.7. The largest absolute Gasteiger partial charge is 0.497 e. The van der Waals surface area contributed by atoms with Gasteiger partial charge in [0, 0.05) is 37.6 Å². The molecule has 2 aliphatic rings. The van der Waals surface area contributed by atoms with Crippen LogP contribution in [0.15, 0.2) is 30.3 Å². The fraction of sp³-hybridized carbons (Fsp3) is 0.417. The number of amides is 1. The molecule has 0 aliphatic carbocycles. The van der Waals surface area contributed by atoms with Crippen LogP contribution in [0.25, 0.3) is 0 Å². The van der Waals surface area contributed by atoms with Gasteiger partial charge in [0.2, 0.25) is 5.75 Å². The maximum Gasteiger partial charge on any atom is 0.254 e. The van der Waals surface area contributed by atoms with Crippen LogP contribution in [0.4, 0.5) is 0 Å². The van der Waals surface area contributed by atoms with Gasteiger partial charge in [-0.15, -0.1) is 0 Å². The highest BCUT2D eigenvalue weighted by Crippen LogP contribution is 2.42. The van der Waals surface area contributed by atoms with Gasteiger partial charge in [-0.2, -0.15) is 0 Å². The van der Waals surface area contributed by atoms with Gasteiger partial charge < -0.3 is 28.6 Å². The normalized spacial score (nSPS) is 16.8. The number of carbonyl (C=O) groups excluding carboxylic acids is 2. The van der Waals surface area contributed by atoms with Crippen molar-refractivity contribution in [3.8, 4) is 28.7 Å². The number of rotatable bonds is 5. The Labute approximate surface area is 187 Å². The quantitative estimate of drug-likeness (QED) is 0.704. The van der Waals surface area contributed by atoms with Crippen molar-refractivity contribution < 1.29 is 33.3 Å². The van der Waals surface area contributed by atoms with Gasteiger partial charge in [-0.05, 0) is 24.3 Å². The Kier molecular flexibility index (Phi) is 5.86. The minimum atomic E-state index is -0.609. The predicted molar refractivity (Wildman–Crippen MR) is 117 cm³/mol. The lowest BCUT2D eigenvalue weighted by Gasteiger charge is -2.44. The number of hydrogen-bond donors (Lipinski definition) is 0. The number of methoxy groups -OCH3 is 4. The number of Topliss-reactive ketones (excluding diaryl/α,β-unsaturated/α-hetero) is 1. The lowest BCUT2D eigenvalue weighted by atomic mass is 9.82. The monoisotopic (exact) mass is 441 g/mol. The lowest BCUT2D eigenvalue weighted by molar-refractivity contribution is -0.00582. The summed E-state index contributed by atoms with van der Waals surface area (Å²) in [6.45, 7) is 0.949. The van der Waals surface area contributed by atoms with E-state index in [1.165, 1.54) is 21.3 Å². The van der Waals surface area contributed by atoms with Gasteiger partial charge in [0.15, 0.2) is 17.3 Å². The van der Waals surface area contributed by atoms with E-state index in [1.807, 2.05) is 0 Å². The first-order valence-electron chi connectivity index (χ1n) is 10.4. The molecule has 2 aromatic rings. The molecule has 4 rings (SSSR count). The van der Waals surface area contributed by atoms with Crippen molar-refractivity contribution in [3.63, 3.8) is 0 Å². The van der Waals surface area contributed by atoms with Crippen molar-refractivity contribution in [2.24, 2.45) is 0 Å². The number of carbonyl (C=O) groups is 2. The highest BCUT2D eigenvalue weighted by Gasteiger charge is 2.44. The maximum atomic E-state index is 13.2. The Morgan fingerprint density at radius 2 is 1.59 bits per heavy atom. The van der Waals surface area contributed by atoms with Crippen LogP contribution in [-0.2, 0) is 0 Å². The van der Waals surface area contributed by atoms with E-state index in [-0.39, 0.29) is 11.7 Å². The number of ether oxygens (including phenoxy) is 5. The smallest absolute Gasteiger partial charge is 0.254 e.